The molecule has 1 fully saturated rings. The number of carbonyl (C=O) groups excluding carboxylic acids is 1. The van der Waals surface area contributed by atoms with E-state index < -0.39 is 5.97 Å². The Morgan fingerprint density at radius 2 is 1.89 bits per heavy atom. The predicted octanol–water partition coefficient (Wildman–Crippen LogP) is 5.96. The van der Waals surface area contributed by atoms with Crippen LogP contribution < -0.4 is 5.32 Å². The number of carboxylic acid groups (broad SMARTS) is 1. The molecule has 7 heteroatoms. The number of benzene rings is 2. The van der Waals surface area contributed by atoms with Crippen LogP contribution in [0.5, 0.6) is 0 Å². The quantitative estimate of drug-likeness (QED) is 0.301. The number of aromatic nitrogens is 3. The summed E-state index contributed by atoms with van der Waals surface area (Å²) in [6.07, 6.45) is 7.54. The predicted molar refractivity (Wildman–Crippen MR) is 140 cm³/mol. The van der Waals surface area contributed by atoms with Crippen LogP contribution in [0.2, 0.25) is 0 Å². The SMILES string of the molecule is Cc1cnc(C(C)NC(=O)Cn2c(-c3ccccc3)c(C3CCCCC3)c3ccc(C(=O)O)cc32)[nH]1. The number of carboxylic acids is 1. The minimum Gasteiger partial charge on any atom is -0.478 e. The lowest BCUT2D eigenvalue weighted by atomic mass is 9.82. The summed E-state index contributed by atoms with van der Waals surface area (Å²) in [4.78, 5) is 32.7. The molecule has 36 heavy (non-hydrogen) atoms. The van der Waals surface area contributed by atoms with Gasteiger partial charge in [0, 0.05) is 17.3 Å². The van der Waals surface area contributed by atoms with Gasteiger partial charge in [0.25, 0.3) is 0 Å². The number of aromatic carboxylic acids is 1. The average Bonchev–Trinajstić information content (AvgIpc) is 3.46. The molecule has 1 amide bonds. The van der Waals surface area contributed by atoms with Gasteiger partial charge in [0.2, 0.25) is 5.91 Å². The molecule has 1 saturated carbocycles. The lowest BCUT2D eigenvalue weighted by Gasteiger charge is -2.24. The molecular formula is C29H32N4O3. The summed E-state index contributed by atoms with van der Waals surface area (Å²) in [7, 11) is 0. The Morgan fingerprint density at radius 1 is 1.14 bits per heavy atom. The first kappa shape index (κ1) is 23.9. The fraction of sp³-hybridized carbons (Fsp3) is 0.345. The Bertz CT molecular complexity index is 1400. The molecule has 186 valence electrons. The summed E-state index contributed by atoms with van der Waals surface area (Å²) >= 11 is 0. The van der Waals surface area contributed by atoms with Gasteiger partial charge in [-0.3, -0.25) is 4.79 Å². The van der Waals surface area contributed by atoms with Gasteiger partial charge in [-0.1, -0.05) is 55.7 Å². The number of hydrogen-bond donors (Lipinski definition) is 3. The van der Waals surface area contributed by atoms with Crippen molar-refractivity contribution in [2.24, 2.45) is 0 Å². The standard InChI is InChI=1S/C29H32N4O3/c1-18-16-30-28(31-18)19(2)32-25(34)17-33-24-15-22(29(35)36)13-14-23(24)26(20-9-5-3-6-10-20)27(33)21-11-7-4-8-12-21/h4,7-8,11-16,19-20H,3,5-6,9-10,17H2,1-2H3,(H,30,31)(H,32,34)(H,35,36). The van der Waals surface area contributed by atoms with Crippen LogP contribution in [0.15, 0.2) is 54.7 Å². The number of fused-ring (bicyclic) bond motifs is 1. The molecule has 1 unspecified atom stereocenters. The summed E-state index contributed by atoms with van der Waals surface area (Å²) in [5.74, 6) is -0.0445. The topological polar surface area (TPSA) is 100 Å². The number of carbonyl (C=O) groups is 2. The van der Waals surface area contributed by atoms with Crippen molar-refractivity contribution in [3.63, 3.8) is 0 Å². The number of rotatable bonds is 7. The summed E-state index contributed by atoms with van der Waals surface area (Å²) in [6.45, 7) is 3.91. The van der Waals surface area contributed by atoms with Crippen LogP contribution in [0.4, 0.5) is 0 Å². The molecule has 2 aromatic carbocycles. The van der Waals surface area contributed by atoms with E-state index in [0.717, 1.165) is 40.7 Å². The Hall–Kier alpha value is -3.87. The van der Waals surface area contributed by atoms with E-state index in [1.54, 1.807) is 18.3 Å². The molecule has 2 aromatic heterocycles. The molecule has 0 radical (unpaired) electrons. The van der Waals surface area contributed by atoms with Crippen molar-refractivity contribution in [3.8, 4) is 11.3 Å². The Kier molecular flexibility index (Phi) is 6.63. The van der Waals surface area contributed by atoms with Crippen LogP contribution in [0.3, 0.4) is 0 Å². The highest BCUT2D eigenvalue weighted by atomic mass is 16.4. The van der Waals surface area contributed by atoms with Gasteiger partial charge in [0.15, 0.2) is 0 Å². The number of hydrogen-bond acceptors (Lipinski definition) is 3. The van der Waals surface area contributed by atoms with Crippen molar-refractivity contribution in [2.75, 3.05) is 0 Å². The van der Waals surface area contributed by atoms with Gasteiger partial charge >= 0.3 is 5.97 Å². The first-order chi connectivity index (χ1) is 17.4. The highest BCUT2D eigenvalue weighted by Gasteiger charge is 2.28. The zero-order chi connectivity index (χ0) is 25.2. The van der Waals surface area contributed by atoms with Crippen LogP contribution >= 0.6 is 0 Å². The fourth-order valence-corrected chi connectivity index (χ4v) is 5.54. The Balaban J connectivity index is 1.63. The summed E-state index contributed by atoms with van der Waals surface area (Å²) in [6, 6.07) is 15.2. The molecule has 0 bridgehead atoms. The zero-order valence-corrected chi connectivity index (χ0v) is 20.8. The van der Waals surface area contributed by atoms with Crippen molar-refractivity contribution in [2.45, 2.75) is 64.5 Å². The highest BCUT2D eigenvalue weighted by molar-refractivity contribution is 5.99. The molecule has 4 aromatic rings. The Morgan fingerprint density at radius 3 is 2.56 bits per heavy atom. The number of H-pyrrole nitrogens is 1. The van der Waals surface area contributed by atoms with Crippen LogP contribution in [0.25, 0.3) is 22.2 Å². The minimum atomic E-state index is -0.976. The first-order valence-corrected chi connectivity index (χ1v) is 12.7. The van der Waals surface area contributed by atoms with E-state index in [-0.39, 0.29) is 24.1 Å². The molecule has 5 rings (SSSR count). The number of aryl methyl sites for hydroxylation is 1. The molecule has 0 aliphatic heterocycles. The third-order valence-electron chi connectivity index (χ3n) is 7.22. The van der Waals surface area contributed by atoms with Crippen LogP contribution in [-0.2, 0) is 11.3 Å². The van der Waals surface area contributed by atoms with Crippen LogP contribution in [0, 0.1) is 6.92 Å². The molecular weight excluding hydrogens is 452 g/mol. The van der Waals surface area contributed by atoms with E-state index in [9.17, 15) is 14.7 Å². The number of amides is 1. The van der Waals surface area contributed by atoms with Gasteiger partial charge in [-0.2, -0.15) is 0 Å². The molecule has 2 heterocycles. The smallest absolute Gasteiger partial charge is 0.335 e. The van der Waals surface area contributed by atoms with E-state index >= 15 is 0 Å². The van der Waals surface area contributed by atoms with Crippen molar-refractivity contribution in [3.05, 3.63) is 77.4 Å². The van der Waals surface area contributed by atoms with Gasteiger partial charge in [0.1, 0.15) is 12.4 Å². The zero-order valence-electron chi connectivity index (χ0n) is 20.8. The molecule has 1 atom stereocenters. The van der Waals surface area contributed by atoms with Crippen molar-refractivity contribution in [1.82, 2.24) is 19.9 Å². The van der Waals surface area contributed by atoms with Crippen molar-refractivity contribution < 1.29 is 14.7 Å². The molecule has 1 aliphatic carbocycles. The second kappa shape index (κ2) is 10.0. The van der Waals surface area contributed by atoms with Crippen LogP contribution in [-0.4, -0.2) is 31.5 Å². The largest absolute Gasteiger partial charge is 0.478 e. The first-order valence-electron chi connectivity index (χ1n) is 12.7. The maximum absolute atomic E-state index is 13.3. The summed E-state index contributed by atoms with van der Waals surface area (Å²) in [5, 5.41) is 13.8. The number of aromatic amines is 1. The van der Waals surface area contributed by atoms with Gasteiger partial charge in [-0.05, 0) is 55.9 Å². The van der Waals surface area contributed by atoms with E-state index in [1.165, 1.54) is 24.8 Å². The molecule has 3 N–H and O–H groups in total. The maximum atomic E-state index is 13.3. The lowest BCUT2D eigenvalue weighted by Crippen LogP contribution is -2.31. The van der Waals surface area contributed by atoms with E-state index in [2.05, 4.69) is 27.4 Å². The number of nitrogens with one attached hydrogen (secondary N) is 2. The van der Waals surface area contributed by atoms with Crippen LogP contribution in [0.1, 0.15) is 78.4 Å². The van der Waals surface area contributed by atoms with E-state index in [4.69, 9.17) is 0 Å². The number of nitrogens with zero attached hydrogens (tertiary/aromatic N) is 2. The van der Waals surface area contributed by atoms with E-state index in [0.29, 0.717) is 11.7 Å². The highest BCUT2D eigenvalue weighted by Crippen LogP contribution is 2.44. The number of imidazole rings is 1. The van der Waals surface area contributed by atoms with Gasteiger partial charge in [-0.25, -0.2) is 9.78 Å². The normalized spacial score (nSPS) is 15.2. The monoisotopic (exact) mass is 484 g/mol. The summed E-state index contributed by atoms with van der Waals surface area (Å²) < 4.78 is 2.01. The van der Waals surface area contributed by atoms with Gasteiger partial charge < -0.3 is 20.0 Å². The fourth-order valence-electron chi connectivity index (χ4n) is 5.54. The Labute approximate surface area is 210 Å². The third-order valence-corrected chi connectivity index (χ3v) is 7.22. The second-order valence-corrected chi connectivity index (χ2v) is 9.83. The average molecular weight is 485 g/mol. The summed E-state index contributed by atoms with van der Waals surface area (Å²) in [5.41, 5.74) is 5.22. The minimum absolute atomic E-state index is 0.0839. The lowest BCUT2D eigenvalue weighted by molar-refractivity contribution is -0.122. The van der Waals surface area contributed by atoms with Gasteiger partial charge in [0.05, 0.1) is 22.8 Å². The van der Waals surface area contributed by atoms with Crippen molar-refractivity contribution >= 4 is 22.8 Å². The van der Waals surface area contributed by atoms with Crippen molar-refractivity contribution in [1.29, 1.82) is 0 Å². The molecule has 0 spiro atoms. The third kappa shape index (κ3) is 4.65. The second-order valence-electron chi connectivity index (χ2n) is 9.83. The molecule has 7 nitrogen and oxygen atoms in total. The van der Waals surface area contributed by atoms with E-state index in [1.807, 2.05) is 42.7 Å². The molecule has 1 aliphatic rings. The molecule has 0 saturated heterocycles. The van der Waals surface area contributed by atoms with Gasteiger partial charge in [-0.15, -0.1) is 0 Å². The maximum Gasteiger partial charge on any atom is 0.335 e.